The lowest BCUT2D eigenvalue weighted by molar-refractivity contribution is -0.123. The fourth-order valence-corrected chi connectivity index (χ4v) is 3.03. The number of aromatic nitrogens is 3. The summed E-state index contributed by atoms with van der Waals surface area (Å²) in [6.07, 6.45) is 0. The lowest BCUT2D eigenvalue weighted by atomic mass is 10.2. The topological polar surface area (TPSA) is 87.5 Å². The van der Waals surface area contributed by atoms with Gasteiger partial charge in [0, 0.05) is 19.3 Å². The molecule has 1 aromatic carbocycles. The van der Waals surface area contributed by atoms with Gasteiger partial charge in [0.1, 0.15) is 0 Å². The molecule has 0 atom stereocenters. The van der Waals surface area contributed by atoms with Crippen molar-refractivity contribution < 1.29 is 19.0 Å². The molecular formula is C20H24N4O4. The Morgan fingerprint density at radius 1 is 1.14 bits per heavy atom. The van der Waals surface area contributed by atoms with Gasteiger partial charge in [-0.1, -0.05) is 6.07 Å². The number of ether oxygens (including phenoxy) is 3. The predicted molar refractivity (Wildman–Crippen MR) is 105 cm³/mol. The fourth-order valence-electron chi connectivity index (χ4n) is 3.03. The van der Waals surface area contributed by atoms with Crippen LogP contribution >= 0.6 is 0 Å². The van der Waals surface area contributed by atoms with Crippen LogP contribution in [-0.4, -0.2) is 41.5 Å². The first-order chi connectivity index (χ1) is 13.4. The zero-order valence-electron chi connectivity index (χ0n) is 16.7. The van der Waals surface area contributed by atoms with Gasteiger partial charge < -0.3 is 19.5 Å². The van der Waals surface area contributed by atoms with Crippen LogP contribution < -0.4 is 19.5 Å². The molecule has 0 bridgehead atoms. The minimum atomic E-state index is -0.244. The molecule has 0 unspecified atom stereocenters. The molecule has 0 fully saturated rings. The summed E-state index contributed by atoms with van der Waals surface area (Å²) in [6.45, 7) is 4.13. The Bertz CT molecular complexity index is 1010. The second kappa shape index (κ2) is 8.16. The molecule has 0 radical (unpaired) electrons. The highest BCUT2D eigenvalue weighted by molar-refractivity contribution is 5.85. The summed E-state index contributed by atoms with van der Waals surface area (Å²) >= 11 is 0. The zero-order chi connectivity index (χ0) is 20.3. The Kier molecular flexibility index (Phi) is 5.67. The second-order valence-electron chi connectivity index (χ2n) is 6.46. The Balaban J connectivity index is 1.63. The number of pyridine rings is 1. The molecule has 3 aromatic rings. The molecule has 3 rings (SSSR count). The Hall–Kier alpha value is -3.29. The van der Waals surface area contributed by atoms with Gasteiger partial charge >= 0.3 is 0 Å². The summed E-state index contributed by atoms with van der Waals surface area (Å²) in [5.41, 5.74) is 3.55. The molecule has 148 valence electrons. The number of carbonyl (C=O) groups excluding carboxylic acids is 1. The van der Waals surface area contributed by atoms with Crippen molar-refractivity contribution in [2.45, 2.75) is 20.4 Å². The van der Waals surface area contributed by atoms with Crippen LogP contribution in [0.5, 0.6) is 17.4 Å². The largest absolute Gasteiger partial charge is 0.493 e. The summed E-state index contributed by atoms with van der Waals surface area (Å²) in [4.78, 5) is 16.7. The smallest absolute Gasteiger partial charge is 0.258 e. The van der Waals surface area contributed by atoms with Crippen LogP contribution in [0.2, 0.25) is 0 Å². The van der Waals surface area contributed by atoms with E-state index in [-0.39, 0.29) is 12.5 Å². The summed E-state index contributed by atoms with van der Waals surface area (Å²) in [7, 11) is 4.96. The van der Waals surface area contributed by atoms with E-state index in [1.165, 1.54) is 0 Å². The van der Waals surface area contributed by atoms with E-state index in [2.05, 4.69) is 15.4 Å². The van der Waals surface area contributed by atoms with Crippen molar-refractivity contribution in [2.75, 3.05) is 20.8 Å². The van der Waals surface area contributed by atoms with E-state index in [4.69, 9.17) is 14.2 Å². The van der Waals surface area contributed by atoms with Crippen LogP contribution in [-0.2, 0) is 18.4 Å². The van der Waals surface area contributed by atoms with Crippen molar-refractivity contribution in [2.24, 2.45) is 7.05 Å². The third-order valence-electron chi connectivity index (χ3n) is 4.36. The number of aryl methyl sites for hydroxylation is 3. The molecule has 1 N–H and O–H groups in total. The number of fused-ring (bicyclic) bond motifs is 1. The molecule has 0 saturated heterocycles. The molecule has 8 heteroatoms. The van der Waals surface area contributed by atoms with Crippen molar-refractivity contribution in [1.82, 2.24) is 20.1 Å². The monoisotopic (exact) mass is 384 g/mol. The quantitative estimate of drug-likeness (QED) is 0.673. The highest BCUT2D eigenvalue weighted by Crippen LogP contribution is 2.28. The van der Waals surface area contributed by atoms with Gasteiger partial charge in [-0.3, -0.25) is 4.79 Å². The normalized spacial score (nSPS) is 10.8. The van der Waals surface area contributed by atoms with Crippen LogP contribution in [0.15, 0.2) is 24.3 Å². The van der Waals surface area contributed by atoms with Gasteiger partial charge in [-0.2, -0.15) is 0 Å². The van der Waals surface area contributed by atoms with E-state index in [9.17, 15) is 4.79 Å². The lowest BCUT2D eigenvalue weighted by Gasteiger charge is -2.10. The predicted octanol–water partition coefficient (Wildman–Crippen LogP) is 2.30. The van der Waals surface area contributed by atoms with Crippen molar-refractivity contribution in [1.29, 1.82) is 0 Å². The third-order valence-corrected chi connectivity index (χ3v) is 4.36. The van der Waals surface area contributed by atoms with Crippen LogP contribution in [0.3, 0.4) is 0 Å². The Labute approximate surface area is 163 Å². The number of nitrogens with one attached hydrogen (secondary N) is 1. The van der Waals surface area contributed by atoms with Crippen LogP contribution in [0.4, 0.5) is 0 Å². The minimum Gasteiger partial charge on any atom is -0.493 e. The SMILES string of the molecule is COc1ccc(CNC(=O)COc2nn(C)c3nc(C)cc(C)c23)cc1OC. The molecule has 0 aliphatic carbocycles. The van der Waals surface area contributed by atoms with Crippen molar-refractivity contribution in [3.8, 4) is 17.4 Å². The van der Waals surface area contributed by atoms with Gasteiger partial charge in [-0.05, 0) is 43.2 Å². The van der Waals surface area contributed by atoms with Crippen molar-refractivity contribution >= 4 is 16.9 Å². The highest BCUT2D eigenvalue weighted by Gasteiger charge is 2.15. The zero-order valence-corrected chi connectivity index (χ0v) is 16.7. The average Bonchev–Trinajstić information content (AvgIpc) is 3.00. The third kappa shape index (κ3) is 4.00. The number of methoxy groups -OCH3 is 2. The van der Waals surface area contributed by atoms with Crippen molar-refractivity contribution in [3.63, 3.8) is 0 Å². The van der Waals surface area contributed by atoms with Crippen LogP contribution in [0.25, 0.3) is 11.0 Å². The lowest BCUT2D eigenvalue weighted by Crippen LogP contribution is -2.28. The van der Waals surface area contributed by atoms with E-state index in [0.29, 0.717) is 23.9 Å². The standard InChI is InChI=1S/C20H24N4O4/c1-12-8-13(2)22-19-18(12)20(23-24(19)3)28-11-17(25)21-10-14-6-7-15(26-4)16(9-14)27-5/h6-9H,10-11H2,1-5H3,(H,21,25). The number of amides is 1. The van der Waals surface area contributed by atoms with Gasteiger partial charge in [0.25, 0.3) is 5.91 Å². The van der Waals surface area contributed by atoms with Crippen LogP contribution in [0, 0.1) is 13.8 Å². The molecule has 28 heavy (non-hydrogen) atoms. The first kappa shape index (κ1) is 19.5. The average molecular weight is 384 g/mol. The van der Waals surface area contributed by atoms with E-state index < -0.39 is 0 Å². The highest BCUT2D eigenvalue weighted by atomic mass is 16.5. The van der Waals surface area contributed by atoms with Crippen LogP contribution in [0.1, 0.15) is 16.8 Å². The molecule has 1 amide bonds. The first-order valence-corrected chi connectivity index (χ1v) is 8.84. The number of rotatable bonds is 7. The van der Waals surface area contributed by atoms with Gasteiger partial charge in [0.15, 0.2) is 23.8 Å². The summed E-state index contributed by atoms with van der Waals surface area (Å²) in [5.74, 6) is 1.42. The van der Waals surface area contributed by atoms with Gasteiger partial charge in [0.05, 0.1) is 19.6 Å². The summed E-state index contributed by atoms with van der Waals surface area (Å²) in [6, 6.07) is 7.46. The number of carbonyl (C=O) groups is 1. The van der Waals surface area contributed by atoms with E-state index in [1.54, 1.807) is 32.0 Å². The van der Waals surface area contributed by atoms with Gasteiger partial charge in [-0.15, -0.1) is 5.10 Å². The maximum atomic E-state index is 12.2. The Morgan fingerprint density at radius 3 is 2.61 bits per heavy atom. The molecule has 0 aliphatic rings. The molecule has 2 aromatic heterocycles. The van der Waals surface area contributed by atoms with E-state index >= 15 is 0 Å². The van der Waals surface area contributed by atoms with Gasteiger partial charge in [0.2, 0.25) is 5.88 Å². The maximum absolute atomic E-state index is 12.2. The molecule has 8 nitrogen and oxygen atoms in total. The number of hydrogen-bond acceptors (Lipinski definition) is 6. The van der Waals surface area contributed by atoms with Crippen molar-refractivity contribution in [3.05, 3.63) is 41.1 Å². The molecule has 0 spiro atoms. The van der Waals surface area contributed by atoms with E-state index in [1.807, 2.05) is 32.0 Å². The summed E-state index contributed by atoms with van der Waals surface area (Å²) < 4.78 is 17.8. The molecule has 0 saturated carbocycles. The molecular weight excluding hydrogens is 360 g/mol. The first-order valence-electron chi connectivity index (χ1n) is 8.84. The van der Waals surface area contributed by atoms with Gasteiger partial charge in [-0.25, -0.2) is 9.67 Å². The number of nitrogens with zero attached hydrogens (tertiary/aromatic N) is 3. The fraction of sp³-hybridized carbons (Fsp3) is 0.350. The number of benzene rings is 1. The maximum Gasteiger partial charge on any atom is 0.258 e. The Morgan fingerprint density at radius 2 is 1.89 bits per heavy atom. The molecule has 0 aliphatic heterocycles. The minimum absolute atomic E-state index is 0.132. The molecule has 2 heterocycles. The number of hydrogen-bond donors (Lipinski definition) is 1. The summed E-state index contributed by atoms with van der Waals surface area (Å²) in [5, 5.41) is 7.99. The second-order valence-corrected chi connectivity index (χ2v) is 6.46. The van der Waals surface area contributed by atoms with E-state index in [0.717, 1.165) is 27.9 Å².